The number of carbonyl (C=O) groups is 2. The fourth-order valence-electron chi connectivity index (χ4n) is 3.16. The molecule has 0 bridgehead atoms. The van der Waals surface area contributed by atoms with Crippen molar-refractivity contribution in [3.8, 4) is 0 Å². The van der Waals surface area contributed by atoms with Gasteiger partial charge in [-0.1, -0.05) is 54.2 Å². The number of carbonyl (C=O) groups excluding carboxylic acids is 2. The van der Waals surface area contributed by atoms with E-state index in [1.165, 1.54) is 0 Å². The zero-order valence-electron chi connectivity index (χ0n) is 16.6. The highest BCUT2D eigenvalue weighted by molar-refractivity contribution is 7.99. The molecule has 1 atom stereocenters. The van der Waals surface area contributed by atoms with E-state index in [9.17, 15) is 9.59 Å². The molecule has 2 amide bonds. The van der Waals surface area contributed by atoms with Crippen LogP contribution in [0.15, 0.2) is 54.0 Å². The maximum Gasteiger partial charge on any atom is 0.237 e. The second-order valence-corrected chi connectivity index (χ2v) is 7.90. The Labute approximate surface area is 175 Å². The van der Waals surface area contributed by atoms with Crippen molar-refractivity contribution in [2.24, 2.45) is 7.05 Å². The number of aromatic nitrogens is 2. The van der Waals surface area contributed by atoms with Gasteiger partial charge < -0.3 is 15.2 Å². The molecular formula is C21H27N5O2S. The zero-order valence-corrected chi connectivity index (χ0v) is 17.4. The van der Waals surface area contributed by atoms with Crippen LogP contribution in [-0.2, 0) is 16.6 Å². The first-order valence-electron chi connectivity index (χ1n) is 9.73. The molecule has 29 heavy (non-hydrogen) atoms. The van der Waals surface area contributed by atoms with Gasteiger partial charge in [0.2, 0.25) is 11.8 Å². The summed E-state index contributed by atoms with van der Waals surface area (Å²) in [5, 5.41) is 6.70. The van der Waals surface area contributed by atoms with Crippen LogP contribution in [0.25, 0.3) is 6.08 Å². The highest BCUT2D eigenvalue weighted by Crippen LogP contribution is 2.13. The number of thioether (sulfide) groups is 1. The smallest absolute Gasteiger partial charge is 0.237 e. The highest BCUT2D eigenvalue weighted by atomic mass is 32.2. The third-order valence-corrected chi connectivity index (χ3v) is 5.76. The Kier molecular flexibility index (Phi) is 7.89. The summed E-state index contributed by atoms with van der Waals surface area (Å²) < 4.78 is 1.94. The third kappa shape index (κ3) is 6.47. The number of piperazine rings is 1. The van der Waals surface area contributed by atoms with Gasteiger partial charge in [-0.05, 0) is 5.56 Å². The van der Waals surface area contributed by atoms with Crippen molar-refractivity contribution in [2.75, 3.05) is 31.9 Å². The largest absolute Gasteiger partial charge is 0.355 e. The van der Waals surface area contributed by atoms with Crippen LogP contribution < -0.4 is 10.6 Å². The molecule has 1 unspecified atom stereocenters. The number of amides is 2. The van der Waals surface area contributed by atoms with Gasteiger partial charge in [0.05, 0.1) is 12.5 Å². The van der Waals surface area contributed by atoms with Gasteiger partial charge >= 0.3 is 0 Å². The summed E-state index contributed by atoms with van der Waals surface area (Å²) in [4.78, 5) is 31.0. The molecule has 0 saturated carbocycles. The maximum absolute atomic E-state index is 12.4. The van der Waals surface area contributed by atoms with E-state index in [0.29, 0.717) is 19.6 Å². The van der Waals surface area contributed by atoms with Crippen LogP contribution >= 0.6 is 11.8 Å². The van der Waals surface area contributed by atoms with Crippen molar-refractivity contribution >= 4 is 29.7 Å². The number of nitrogens with one attached hydrogen (secondary N) is 2. The van der Waals surface area contributed by atoms with Crippen molar-refractivity contribution in [3.05, 3.63) is 54.4 Å². The molecule has 1 aliphatic rings. The first-order valence-corrected chi connectivity index (χ1v) is 10.7. The maximum atomic E-state index is 12.4. The lowest BCUT2D eigenvalue weighted by molar-refractivity contribution is -0.133. The summed E-state index contributed by atoms with van der Waals surface area (Å²) in [6.45, 7) is 2.52. The average Bonchev–Trinajstić information content (AvgIpc) is 3.13. The standard InChI is InChI=1S/C21H27N5O2S/c1-25-13-9-24-21(25)29-15-11-22-19(27)16-18-20(28)23-10-14-26(18)12-5-8-17-6-3-2-4-7-17/h2-9,13,18H,10-12,14-16H2,1H3,(H,22,27)(H,23,28)/b8-5+. The van der Waals surface area contributed by atoms with Gasteiger partial charge in [-0.3, -0.25) is 14.5 Å². The molecule has 0 radical (unpaired) electrons. The third-order valence-electron chi connectivity index (χ3n) is 4.70. The molecule has 1 aromatic carbocycles. The van der Waals surface area contributed by atoms with Crippen molar-refractivity contribution < 1.29 is 9.59 Å². The predicted molar refractivity (Wildman–Crippen MR) is 115 cm³/mol. The predicted octanol–water partition coefficient (Wildman–Crippen LogP) is 1.53. The van der Waals surface area contributed by atoms with Crippen LogP contribution in [0, 0.1) is 0 Å². The van der Waals surface area contributed by atoms with Gasteiger partial charge in [0.25, 0.3) is 0 Å². The monoisotopic (exact) mass is 413 g/mol. The minimum Gasteiger partial charge on any atom is -0.355 e. The van der Waals surface area contributed by atoms with Crippen LogP contribution in [-0.4, -0.2) is 64.2 Å². The van der Waals surface area contributed by atoms with E-state index in [1.807, 2.05) is 60.3 Å². The average molecular weight is 414 g/mol. The Morgan fingerprint density at radius 3 is 2.97 bits per heavy atom. The molecule has 2 N–H and O–H groups in total. The molecule has 0 spiro atoms. The van der Waals surface area contributed by atoms with Gasteiger partial charge in [-0.15, -0.1) is 0 Å². The first-order chi connectivity index (χ1) is 14.1. The van der Waals surface area contributed by atoms with Crippen LogP contribution in [0.3, 0.4) is 0 Å². The number of aryl methyl sites for hydroxylation is 1. The molecule has 2 heterocycles. The molecular weight excluding hydrogens is 386 g/mol. The van der Waals surface area contributed by atoms with Gasteiger partial charge in [0.15, 0.2) is 5.16 Å². The summed E-state index contributed by atoms with van der Waals surface area (Å²) in [6, 6.07) is 9.60. The number of rotatable bonds is 9. The summed E-state index contributed by atoms with van der Waals surface area (Å²) in [7, 11) is 1.94. The van der Waals surface area contributed by atoms with E-state index in [-0.39, 0.29) is 18.2 Å². The summed E-state index contributed by atoms with van der Waals surface area (Å²) in [5.74, 6) is 0.545. The lowest BCUT2D eigenvalue weighted by atomic mass is 10.1. The van der Waals surface area contributed by atoms with E-state index in [1.54, 1.807) is 18.0 Å². The van der Waals surface area contributed by atoms with Crippen LogP contribution in [0.4, 0.5) is 0 Å². The van der Waals surface area contributed by atoms with Crippen molar-refractivity contribution in [3.63, 3.8) is 0 Å². The number of imidazole rings is 1. The van der Waals surface area contributed by atoms with Gasteiger partial charge in [0, 0.05) is 51.4 Å². The Bertz CT molecular complexity index is 837. The molecule has 1 aliphatic heterocycles. The van der Waals surface area contributed by atoms with E-state index in [4.69, 9.17) is 0 Å². The Balaban J connectivity index is 1.45. The van der Waals surface area contributed by atoms with E-state index >= 15 is 0 Å². The normalized spacial score (nSPS) is 17.4. The lowest BCUT2D eigenvalue weighted by Gasteiger charge is -2.33. The zero-order chi connectivity index (χ0) is 20.5. The van der Waals surface area contributed by atoms with Gasteiger partial charge in [0.1, 0.15) is 0 Å². The second kappa shape index (κ2) is 10.8. The Morgan fingerprint density at radius 1 is 1.38 bits per heavy atom. The minimum atomic E-state index is -0.439. The van der Waals surface area contributed by atoms with E-state index < -0.39 is 6.04 Å². The Morgan fingerprint density at radius 2 is 2.21 bits per heavy atom. The fraction of sp³-hybridized carbons (Fsp3) is 0.381. The molecule has 0 aliphatic carbocycles. The van der Waals surface area contributed by atoms with Crippen LogP contribution in [0.2, 0.25) is 0 Å². The van der Waals surface area contributed by atoms with Crippen LogP contribution in [0.5, 0.6) is 0 Å². The Hall–Kier alpha value is -2.58. The molecule has 1 aromatic heterocycles. The molecule has 154 valence electrons. The SMILES string of the molecule is Cn1ccnc1SCCNC(=O)CC1C(=O)NCCN1C/C=C/c1ccccc1. The molecule has 7 nitrogen and oxygen atoms in total. The summed E-state index contributed by atoms with van der Waals surface area (Å²) >= 11 is 1.59. The lowest BCUT2D eigenvalue weighted by Crippen LogP contribution is -2.56. The highest BCUT2D eigenvalue weighted by Gasteiger charge is 2.30. The topological polar surface area (TPSA) is 79.3 Å². The van der Waals surface area contributed by atoms with Crippen molar-refractivity contribution in [1.82, 2.24) is 25.1 Å². The van der Waals surface area contributed by atoms with E-state index in [2.05, 4.69) is 20.5 Å². The number of benzene rings is 1. The number of nitrogens with zero attached hydrogens (tertiary/aromatic N) is 3. The van der Waals surface area contributed by atoms with Gasteiger partial charge in [-0.2, -0.15) is 0 Å². The quantitative estimate of drug-likeness (QED) is 0.482. The molecule has 2 aromatic rings. The number of hydrogen-bond acceptors (Lipinski definition) is 5. The van der Waals surface area contributed by atoms with E-state index in [0.717, 1.165) is 23.0 Å². The second-order valence-electron chi connectivity index (χ2n) is 6.84. The fourth-order valence-corrected chi connectivity index (χ4v) is 3.95. The molecule has 8 heteroatoms. The number of hydrogen-bond donors (Lipinski definition) is 2. The summed E-state index contributed by atoms with van der Waals surface area (Å²) in [6.07, 6.45) is 7.89. The minimum absolute atomic E-state index is 0.0816. The summed E-state index contributed by atoms with van der Waals surface area (Å²) in [5.41, 5.74) is 1.12. The van der Waals surface area contributed by atoms with Gasteiger partial charge in [-0.25, -0.2) is 4.98 Å². The van der Waals surface area contributed by atoms with Crippen molar-refractivity contribution in [2.45, 2.75) is 17.6 Å². The molecule has 1 fully saturated rings. The molecule has 1 saturated heterocycles. The van der Waals surface area contributed by atoms with Crippen molar-refractivity contribution in [1.29, 1.82) is 0 Å². The molecule has 3 rings (SSSR count). The first kappa shape index (κ1) is 21.1. The van der Waals surface area contributed by atoms with Crippen LogP contribution in [0.1, 0.15) is 12.0 Å².